The van der Waals surface area contributed by atoms with Crippen LogP contribution in [-0.4, -0.2) is 31.2 Å². The minimum Gasteiger partial charge on any atom is -0.322 e. The van der Waals surface area contributed by atoms with Gasteiger partial charge in [0.2, 0.25) is 10.0 Å². The molecule has 2 heterocycles. The van der Waals surface area contributed by atoms with Gasteiger partial charge in [0, 0.05) is 29.5 Å². The smallest absolute Gasteiger partial charge is 0.255 e. The Kier molecular flexibility index (Phi) is 4.87. The number of nitrogens with zero attached hydrogens (tertiary/aromatic N) is 2. The third-order valence-electron chi connectivity index (χ3n) is 4.59. The van der Waals surface area contributed by atoms with Crippen LogP contribution in [0.1, 0.15) is 16.8 Å². The van der Waals surface area contributed by atoms with E-state index < -0.39 is 10.0 Å². The molecule has 2 aromatic carbocycles. The molecule has 0 saturated carbocycles. The second kappa shape index (κ2) is 7.33. The molecule has 0 spiro atoms. The van der Waals surface area contributed by atoms with Crippen molar-refractivity contribution in [1.82, 2.24) is 4.57 Å². The number of anilines is 2. The Morgan fingerprint density at radius 1 is 1.04 bits per heavy atom. The van der Waals surface area contributed by atoms with E-state index in [-0.39, 0.29) is 11.7 Å². The number of sulfonamides is 1. The van der Waals surface area contributed by atoms with Gasteiger partial charge in [0.15, 0.2) is 0 Å². The lowest BCUT2D eigenvalue weighted by molar-refractivity contribution is 0.102. The maximum atomic E-state index is 12.8. The molecule has 0 unspecified atom stereocenters. The van der Waals surface area contributed by atoms with E-state index in [4.69, 9.17) is 11.6 Å². The van der Waals surface area contributed by atoms with E-state index in [1.165, 1.54) is 4.31 Å². The van der Waals surface area contributed by atoms with E-state index in [0.29, 0.717) is 34.9 Å². The van der Waals surface area contributed by atoms with Crippen LogP contribution >= 0.6 is 11.6 Å². The molecule has 28 heavy (non-hydrogen) atoms. The van der Waals surface area contributed by atoms with Crippen molar-refractivity contribution in [3.8, 4) is 5.69 Å². The van der Waals surface area contributed by atoms with E-state index in [1.54, 1.807) is 42.5 Å². The summed E-state index contributed by atoms with van der Waals surface area (Å²) in [6.07, 6.45) is 4.31. The van der Waals surface area contributed by atoms with Crippen LogP contribution in [0, 0.1) is 0 Å². The van der Waals surface area contributed by atoms with E-state index in [9.17, 15) is 13.2 Å². The van der Waals surface area contributed by atoms with Crippen molar-refractivity contribution in [1.29, 1.82) is 0 Å². The first kappa shape index (κ1) is 18.6. The predicted octanol–water partition coefficient (Wildman–Crippen LogP) is 3.92. The lowest BCUT2D eigenvalue weighted by atomic mass is 10.1. The second-order valence-corrected chi connectivity index (χ2v) is 8.95. The average Bonchev–Trinajstić information content (AvgIpc) is 3.32. The largest absolute Gasteiger partial charge is 0.322 e. The first-order chi connectivity index (χ1) is 13.4. The number of rotatable bonds is 4. The predicted molar refractivity (Wildman–Crippen MR) is 111 cm³/mol. The van der Waals surface area contributed by atoms with Gasteiger partial charge in [0.25, 0.3) is 5.91 Å². The zero-order valence-electron chi connectivity index (χ0n) is 14.9. The molecule has 6 nitrogen and oxygen atoms in total. The highest BCUT2D eigenvalue weighted by atomic mass is 35.5. The van der Waals surface area contributed by atoms with Gasteiger partial charge in [-0.2, -0.15) is 0 Å². The molecule has 0 radical (unpaired) electrons. The summed E-state index contributed by atoms with van der Waals surface area (Å²) in [6.45, 7) is 0.433. The number of benzene rings is 2. The second-order valence-electron chi connectivity index (χ2n) is 6.50. The highest BCUT2D eigenvalue weighted by molar-refractivity contribution is 7.93. The van der Waals surface area contributed by atoms with Crippen LogP contribution in [0.15, 0.2) is 67.0 Å². The summed E-state index contributed by atoms with van der Waals surface area (Å²) in [7, 11) is -3.30. The molecule has 1 N–H and O–H groups in total. The van der Waals surface area contributed by atoms with Crippen LogP contribution in [0.25, 0.3) is 5.69 Å². The summed E-state index contributed by atoms with van der Waals surface area (Å²) < 4.78 is 27.5. The van der Waals surface area contributed by atoms with Crippen molar-refractivity contribution in [3.63, 3.8) is 0 Å². The zero-order valence-corrected chi connectivity index (χ0v) is 16.4. The normalized spacial score (nSPS) is 15.5. The number of hydrogen-bond donors (Lipinski definition) is 1. The van der Waals surface area contributed by atoms with Crippen molar-refractivity contribution in [3.05, 3.63) is 77.6 Å². The Morgan fingerprint density at radius 2 is 1.82 bits per heavy atom. The van der Waals surface area contributed by atoms with Crippen LogP contribution in [0.5, 0.6) is 0 Å². The average molecular weight is 416 g/mol. The summed E-state index contributed by atoms with van der Waals surface area (Å²) in [5.41, 5.74) is 2.23. The standard InChI is InChI=1S/C20H18ClN3O3S/c21-16-7-8-18(19(14-16)23-9-1-2-10-23)22-20(25)15-5-3-6-17(13-15)24-11-4-12-28(24,26)27/h1-3,5-10,13-14H,4,11-12H2,(H,22,25). The number of hydrogen-bond acceptors (Lipinski definition) is 3. The molecule has 1 aromatic heterocycles. The minimum atomic E-state index is -3.30. The Bertz CT molecular complexity index is 1130. The Morgan fingerprint density at radius 3 is 2.54 bits per heavy atom. The van der Waals surface area contributed by atoms with Crippen molar-refractivity contribution >= 4 is 38.9 Å². The van der Waals surface area contributed by atoms with Crippen molar-refractivity contribution in [2.45, 2.75) is 6.42 Å². The lowest BCUT2D eigenvalue weighted by Crippen LogP contribution is -2.25. The topological polar surface area (TPSA) is 71.4 Å². The summed E-state index contributed by atoms with van der Waals surface area (Å²) in [5, 5.41) is 3.45. The third-order valence-corrected chi connectivity index (χ3v) is 6.69. The number of halogens is 1. The first-order valence-corrected chi connectivity index (χ1v) is 10.8. The quantitative estimate of drug-likeness (QED) is 0.701. The van der Waals surface area contributed by atoms with Gasteiger partial charge in [-0.3, -0.25) is 9.10 Å². The molecule has 1 saturated heterocycles. The summed E-state index contributed by atoms with van der Waals surface area (Å²) in [4.78, 5) is 12.8. The molecule has 1 amide bonds. The van der Waals surface area contributed by atoms with Crippen LogP contribution in [-0.2, 0) is 10.0 Å². The Hall–Kier alpha value is -2.77. The number of carbonyl (C=O) groups is 1. The van der Waals surface area contributed by atoms with Crippen LogP contribution in [0.3, 0.4) is 0 Å². The number of amides is 1. The van der Waals surface area contributed by atoms with Gasteiger partial charge in [-0.25, -0.2) is 8.42 Å². The van der Waals surface area contributed by atoms with E-state index in [2.05, 4.69) is 5.32 Å². The maximum Gasteiger partial charge on any atom is 0.255 e. The molecular weight excluding hydrogens is 398 g/mol. The molecule has 0 bridgehead atoms. The van der Waals surface area contributed by atoms with Gasteiger partial charge in [0.1, 0.15) is 0 Å². The third kappa shape index (κ3) is 3.63. The number of carbonyl (C=O) groups excluding carboxylic acids is 1. The van der Waals surface area contributed by atoms with Gasteiger partial charge in [0.05, 0.1) is 22.8 Å². The Balaban J connectivity index is 1.63. The van der Waals surface area contributed by atoms with Gasteiger partial charge < -0.3 is 9.88 Å². The Labute approximate surface area is 168 Å². The van der Waals surface area contributed by atoms with Crippen LogP contribution < -0.4 is 9.62 Å². The molecule has 1 aliphatic rings. The molecule has 144 valence electrons. The maximum absolute atomic E-state index is 12.8. The van der Waals surface area contributed by atoms with Gasteiger partial charge in [-0.05, 0) is 55.0 Å². The van der Waals surface area contributed by atoms with Crippen molar-refractivity contribution < 1.29 is 13.2 Å². The molecule has 8 heteroatoms. The van der Waals surface area contributed by atoms with Crippen molar-refractivity contribution in [2.75, 3.05) is 21.9 Å². The molecule has 1 fully saturated rings. The molecule has 0 atom stereocenters. The first-order valence-electron chi connectivity index (χ1n) is 8.79. The fourth-order valence-electron chi connectivity index (χ4n) is 3.25. The monoisotopic (exact) mass is 415 g/mol. The summed E-state index contributed by atoms with van der Waals surface area (Å²) in [6, 6.07) is 15.6. The molecule has 4 rings (SSSR count). The molecule has 1 aliphatic heterocycles. The van der Waals surface area contributed by atoms with Gasteiger partial charge in [-0.1, -0.05) is 17.7 Å². The molecular formula is C20H18ClN3O3S. The van der Waals surface area contributed by atoms with E-state index in [0.717, 1.165) is 5.69 Å². The molecule has 0 aliphatic carbocycles. The van der Waals surface area contributed by atoms with Gasteiger partial charge >= 0.3 is 0 Å². The lowest BCUT2D eigenvalue weighted by Gasteiger charge is -2.18. The number of aromatic nitrogens is 1. The van der Waals surface area contributed by atoms with E-state index >= 15 is 0 Å². The zero-order chi connectivity index (χ0) is 19.7. The van der Waals surface area contributed by atoms with Crippen LogP contribution in [0.4, 0.5) is 11.4 Å². The highest BCUT2D eigenvalue weighted by Gasteiger charge is 2.28. The highest BCUT2D eigenvalue weighted by Crippen LogP contribution is 2.27. The van der Waals surface area contributed by atoms with Crippen molar-refractivity contribution in [2.24, 2.45) is 0 Å². The fourth-order valence-corrected chi connectivity index (χ4v) is 4.97. The van der Waals surface area contributed by atoms with Crippen LogP contribution in [0.2, 0.25) is 5.02 Å². The molecule has 3 aromatic rings. The summed E-state index contributed by atoms with van der Waals surface area (Å²) >= 11 is 6.12. The minimum absolute atomic E-state index is 0.133. The SMILES string of the molecule is O=C(Nc1ccc(Cl)cc1-n1cccc1)c1cccc(N2CCCS2(=O)=O)c1. The van der Waals surface area contributed by atoms with E-state index in [1.807, 2.05) is 29.1 Å². The number of nitrogens with one attached hydrogen (secondary N) is 1. The van der Waals surface area contributed by atoms with Gasteiger partial charge in [-0.15, -0.1) is 0 Å². The summed E-state index contributed by atoms with van der Waals surface area (Å²) in [5.74, 6) is -0.191. The fraction of sp³-hybridized carbons (Fsp3) is 0.150.